The Morgan fingerprint density at radius 2 is 2.10 bits per heavy atom. The second-order valence-corrected chi connectivity index (χ2v) is 5.19. The quantitative estimate of drug-likeness (QED) is 0.937. The van der Waals surface area contributed by atoms with Gasteiger partial charge in [0, 0.05) is 10.6 Å². The van der Waals surface area contributed by atoms with E-state index in [4.69, 9.17) is 16.7 Å². The van der Waals surface area contributed by atoms with E-state index in [0.717, 1.165) is 11.1 Å². The molecular weight excluding hydrogens is 280 g/mol. The zero-order valence-corrected chi connectivity index (χ0v) is 12.2. The van der Waals surface area contributed by atoms with Gasteiger partial charge in [0.25, 0.3) is 0 Å². The van der Waals surface area contributed by atoms with Crippen molar-refractivity contribution >= 4 is 17.6 Å². The summed E-state index contributed by atoms with van der Waals surface area (Å²) in [7, 11) is 0. The average Bonchev–Trinajstić information content (AvgIpc) is 2.89. The third-order valence-electron chi connectivity index (χ3n) is 3.41. The van der Waals surface area contributed by atoms with Gasteiger partial charge < -0.3 is 5.11 Å². The van der Waals surface area contributed by atoms with E-state index in [1.54, 1.807) is 19.9 Å². The summed E-state index contributed by atoms with van der Waals surface area (Å²) in [6, 6.07) is 5.11. The van der Waals surface area contributed by atoms with E-state index in [-0.39, 0.29) is 6.04 Å². The van der Waals surface area contributed by atoms with E-state index in [1.807, 2.05) is 19.1 Å². The van der Waals surface area contributed by atoms with Crippen LogP contribution in [0.15, 0.2) is 18.2 Å². The molecule has 2 unspecified atom stereocenters. The molecule has 1 aromatic carbocycles. The number of aromatic nitrogens is 4. The summed E-state index contributed by atoms with van der Waals surface area (Å²) in [4.78, 5) is 11.1. The predicted molar refractivity (Wildman–Crippen MR) is 74.5 cm³/mol. The number of carboxylic acid groups (broad SMARTS) is 1. The van der Waals surface area contributed by atoms with Crippen molar-refractivity contribution in [1.82, 2.24) is 20.2 Å². The minimum atomic E-state index is -0.883. The normalized spacial score (nSPS) is 14.0. The summed E-state index contributed by atoms with van der Waals surface area (Å²) >= 11 is 6.00. The van der Waals surface area contributed by atoms with Gasteiger partial charge in [0.1, 0.15) is 0 Å². The molecular formula is C13H15ClN4O2. The fraction of sp³-hybridized carbons (Fsp3) is 0.385. The van der Waals surface area contributed by atoms with Crippen LogP contribution in [0.3, 0.4) is 0 Å². The topological polar surface area (TPSA) is 80.9 Å². The maximum atomic E-state index is 11.1. The predicted octanol–water partition coefficient (Wildman–Crippen LogP) is 2.58. The largest absolute Gasteiger partial charge is 0.481 e. The standard InChI is InChI=1S/C13H15ClN4O2/c1-7-6-10(4-5-11(7)14)12-15-16-17-18(12)9(3)8(2)13(19)20/h4-6,8-9H,1-3H3,(H,19,20). The van der Waals surface area contributed by atoms with Crippen LogP contribution in [-0.4, -0.2) is 31.3 Å². The number of hydrogen-bond acceptors (Lipinski definition) is 4. The molecule has 0 aliphatic carbocycles. The number of aliphatic carboxylic acids is 1. The molecule has 7 heteroatoms. The van der Waals surface area contributed by atoms with Crippen LogP contribution in [0.5, 0.6) is 0 Å². The van der Waals surface area contributed by atoms with Crippen LogP contribution < -0.4 is 0 Å². The van der Waals surface area contributed by atoms with Crippen molar-refractivity contribution in [3.63, 3.8) is 0 Å². The van der Waals surface area contributed by atoms with Crippen LogP contribution in [0.2, 0.25) is 5.02 Å². The van der Waals surface area contributed by atoms with Gasteiger partial charge in [0.05, 0.1) is 12.0 Å². The summed E-state index contributed by atoms with van der Waals surface area (Å²) in [5.74, 6) is -0.942. The highest BCUT2D eigenvalue weighted by molar-refractivity contribution is 6.31. The summed E-state index contributed by atoms with van der Waals surface area (Å²) < 4.78 is 1.53. The number of halogens is 1. The van der Waals surface area contributed by atoms with Crippen molar-refractivity contribution in [3.8, 4) is 11.4 Å². The molecule has 20 heavy (non-hydrogen) atoms. The first-order valence-corrected chi connectivity index (χ1v) is 6.56. The number of benzene rings is 1. The van der Waals surface area contributed by atoms with Gasteiger partial charge in [-0.25, -0.2) is 4.68 Å². The number of nitrogens with zero attached hydrogens (tertiary/aromatic N) is 4. The summed E-state index contributed by atoms with van der Waals surface area (Å²) in [6.45, 7) is 5.30. The maximum absolute atomic E-state index is 11.1. The molecule has 1 heterocycles. The molecule has 0 bridgehead atoms. The van der Waals surface area contributed by atoms with E-state index in [0.29, 0.717) is 10.8 Å². The van der Waals surface area contributed by atoms with Gasteiger partial charge in [-0.3, -0.25) is 4.79 Å². The molecule has 0 saturated heterocycles. The van der Waals surface area contributed by atoms with Gasteiger partial charge in [0.15, 0.2) is 5.82 Å². The van der Waals surface area contributed by atoms with Crippen LogP contribution in [0.25, 0.3) is 11.4 Å². The van der Waals surface area contributed by atoms with Crippen molar-refractivity contribution in [1.29, 1.82) is 0 Å². The SMILES string of the molecule is Cc1cc(-c2nnnn2C(C)C(C)C(=O)O)ccc1Cl. The van der Waals surface area contributed by atoms with E-state index >= 15 is 0 Å². The first-order chi connectivity index (χ1) is 9.41. The van der Waals surface area contributed by atoms with Gasteiger partial charge in [-0.05, 0) is 55.0 Å². The van der Waals surface area contributed by atoms with Crippen LogP contribution in [-0.2, 0) is 4.79 Å². The lowest BCUT2D eigenvalue weighted by molar-refractivity contribution is -0.142. The molecule has 0 radical (unpaired) electrons. The zero-order valence-electron chi connectivity index (χ0n) is 11.4. The molecule has 2 rings (SSSR count). The number of aryl methyl sites for hydroxylation is 1. The number of rotatable bonds is 4. The Kier molecular flexibility index (Phi) is 4.04. The lowest BCUT2D eigenvalue weighted by Crippen LogP contribution is -2.23. The lowest BCUT2D eigenvalue weighted by atomic mass is 10.0. The van der Waals surface area contributed by atoms with Gasteiger partial charge in [0.2, 0.25) is 0 Å². The summed E-state index contributed by atoms with van der Waals surface area (Å²) in [5.41, 5.74) is 1.72. The molecule has 0 saturated carbocycles. The molecule has 0 fully saturated rings. The summed E-state index contributed by atoms with van der Waals surface area (Å²) in [5, 5.41) is 21.3. The monoisotopic (exact) mass is 294 g/mol. The third-order valence-corrected chi connectivity index (χ3v) is 3.83. The molecule has 0 amide bonds. The van der Waals surface area contributed by atoms with Crippen LogP contribution >= 0.6 is 11.6 Å². The Hall–Kier alpha value is -1.95. The highest BCUT2D eigenvalue weighted by Gasteiger charge is 2.25. The molecule has 0 aliphatic rings. The Morgan fingerprint density at radius 1 is 1.40 bits per heavy atom. The van der Waals surface area contributed by atoms with E-state index in [1.165, 1.54) is 4.68 Å². The van der Waals surface area contributed by atoms with Crippen molar-refractivity contribution < 1.29 is 9.90 Å². The summed E-state index contributed by atoms with van der Waals surface area (Å²) in [6.07, 6.45) is 0. The molecule has 1 N–H and O–H groups in total. The van der Waals surface area contributed by atoms with Crippen molar-refractivity contribution in [2.75, 3.05) is 0 Å². The second-order valence-electron chi connectivity index (χ2n) is 4.78. The van der Waals surface area contributed by atoms with Crippen molar-refractivity contribution in [3.05, 3.63) is 28.8 Å². The molecule has 1 aromatic heterocycles. The second kappa shape index (κ2) is 5.58. The third kappa shape index (κ3) is 2.65. The van der Waals surface area contributed by atoms with Crippen LogP contribution in [0.4, 0.5) is 0 Å². The minimum absolute atomic E-state index is 0.353. The number of tetrazole rings is 1. The highest BCUT2D eigenvalue weighted by Crippen LogP contribution is 2.26. The minimum Gasteiger partial charge on any atom is -0.481 e. The molecule has 2 aromatic rings. The fourth-order valence-corrected chi connectivity index (χ4v) is 1.98. The molecule has 2 atom stereocenters. The molecule has 6 nitrogen and oxygen atoms in total. The number of carbonyl (C=O) groups is 1. The van der Waals surface area contributed by atoms with E-state index < -0.39 is 11.9 Å². The van der Waals surface area contributed by atoms with Crippen LogP contribution in [0.1, 0.15) is 25.5 Å². The lowest BCUT2D eigenvalue weighted by Gasteiger charge is -2.17. The fourth-order valence-electron chi connectivity index (χ4n) is 1.86. The maximum Gasteiger partial charge on any atom is 0.308 e. The van der Waals surface area contributed by atoms with E-state index in [2.05, 4.69) is 15.5 Å². The Morgan fingerprint density at radius 3 is 2.70 bits per heavy atom. The van der Waals surface area contributed by atoms with Gasteiger partial charge >= 0.3 is 5.97 Å². The van der Waals surface area contributed by atoms with Gasteiger partial charge in [-0.2, -0.15) is 0 Å². The van der Waals surface area contributed by atoms with Crippen molar-refractivity contribution in [2.24, 2.45) is 5.92 Å². The van der Waals surface area contributed by atoms with E-state index in [9.17, 15) is 4.79 Å². The van der Waals surface area contributed by atoms with Crippen molar-refractivity contribution in [2.45, 2.75) is 26.8 Å². The van der Waals surface area contributed by atoms with Gasteiger partial charge in [-0.15, -0.1) is 5.10 Å². The Bertz CT molecular complexity index is 641. The zero-order chi connectivity index (χ0) is 14.9. The Labute approximate surface area is 121 Å². The number of hydrogen-bond donors (Lipinski definition) is 1. The molecule has 0 aliphatic heterocycles. The Balaban J connectivity index is 2.42. The first kappa shape index (κ1) is 14.5. The van der Waals surface area contributed by atoms with Crippen LogP contribution in [0, 0.1) is 12.8 Å². The first-order valence-electron chi connectivity index (χ1n) is 6.19. The smallest absolute Gasteiger partial charge is 0.308 e. The van der Waals surface area contributed by atoms with Gasteiger partial charge in [-0.1, -0.05) is 11.6 Å². The average molecular weight is 295 g/mol. The molecule has 106 valence electrons. The number of carboxylic acids is 1. The molecule has 0 spiro atoms. The highest BCUT2D eigenvalue weighted by atomic mass is 35.5.